The van der Waals surface area contributed by atoms with E-state index in [2.05, 4.69) is 0 Å². The molecular weight excluding hydrogens is 406 g/mol. The summed E-state index contributed by atoms with van der Waals surface area (Å²) in [5, 5.41) is 27.3. The molecule has 3 atom stereocenters. The number of nitrogens with zero attached hydrogens (tertiary/aromatic N) is 2. The zero-order valence-electron chi connectivity index (χ0n) is 15.2. The van der Waals surface area contributed by atoms with Gasteiger partial charge in [0.1, 0.15) is 11.6 Å². The Morgan fingerprint density at radius 3 is 2.46 bits per heavy atom. The second kappa shape index (κ2) is 8.44. The molecule has 2 aliphatic heterocycles. The van der Waals surface area contributed by atoms with Gasteiger partial charge in [-0.25, -0.2) is 0 Å². The molecule has 0 radical (unpaired) electrons. The van der Waals surface area contributed by atoms with Crippen molar-refractivity contribution in [3.05, 3.63) is 0 Å². The lowest BCUT2D eigenvalue weighted by Gasteiger charge is -2.37. The highest BCUT2D eigenvalue weighted by Gasteiger charge is 2.56. The molecule has 9 nitrogen and oxygen atoms in total. The van der Waals surface area contributed by atoms with Crippen LogP contribution < -0.4 is 5.73 Å². The molecule has 0 spiro atoms. The summed E-state index contributed by atoms with van der Waals surface area (Å²) >= 11 is 0. The molecule has 5 N–H and O–H groups in total. The molecule has 1 unspecified atom stereocenters. The molecule has 0 aromatic rings. The second-order valence-electron chi connectivity index (χ2n) is 7.42. The normalized spacial score (nSPS) is 30.5. The number of alkyl halides is 3. The first-order valence-corrected chi connectivity index (χ1v) is 10.4. The topological polar surface area (TPSA) is 144 Å². The van der Waals surface area contributed by atoms with Gasteiger partial charge in [0.05, 0.1) is 0 Å². The van der Waals surface area contributed by atoms with Crippen molar-refractivity contribution >= 4 is 23.3 Å². The number of carboxylic acids is 1. The molecule has 14 heteroatoms. The van der Waals surface area contributed by atoms with Crippen molar-refractivity contribution in [2.45, 2.75) is 56.2 Å². The zero-order chi connectivity index (χ0) is 21.3. The molecule has 2 fully saturated rings. The quantitative estimate of drug-likeness (QED) is 0.402. The summed E-state index contributed by atoms with van der Waals surface area (Å²) in [6.07, 6.45) is -4.33. The fourth-order valence-electron chi connectivity index (χ4n) is 3.86. The van der Waals surface area contributed by atoms with Crippen molar-refractivity contribution in [3.8, 4) is 0 Å². The van der Waals surface area contributed by atoms with Gasteiger partial charge in [-0.15, -0.1) is 0 Å². The molecule has 0 aromatic heterocycles. The van der Waals surface area contributed by atoms with Crippen LogP contribution in [0.4, 0.5) is 13.2 Å². The first kappa shape index (κ1) is 23.4. The molecule has 2 aliphatic rings. The van der Waals surface area contributed by atoms with Gasteiger partial charge in [0.15, 0.2) is 0 Å². The van der Waals surface area contributed by atoms with Crippen LogP contribution in [-0.4, -0.2) is 82.7 Å². The van der Waals surface area contributed by atoms with Gasteiger partial charge in [0.25, 0.3) is 10.2 Å². The van der Waals surface area contributed by atoms with E-state index in [-0.39, 0.29) is 51.5 Å². The lowest BCUT2D eigenvalue weighted by Crippen LogP contribution is -2.57. The van der Waals surface area contributed by atoms with E-state index >= 15 is 0 Å². The van der Waals surface area contributed by atoms with E-state index in [0.717, 1.165) is 0 Å². The second-order valence-corrected chi connectivity index (χ2v) is 9.30. The molecule has 28 heavy (non-hydrogen) atoms. The van der Waals surface area contributed by atoms with Crippen molar-refractivity contribution in [1.29, 1.82) is 0 Å². The number of hydrogen-bond donors (Lipinski definition) is 4. The average Bonchev–Trinajstić information content (AvgIpc) is 2.93. The first-order valence-electron chi connectivity index (χ1n) is 9.02. The zero-order valence-corrected chi connectivity index (χ0v) is 16.0. The minimum Gasteiger partial charge on any atom is -0.480 e. The highest BCUT2D eigenvalue weighted by molar-refractivity contribution is 7.86. The summed E-state index contributed by atoms with van der Waals surface area (Å²) in [7, 11) is -6.17. The van der Waals surface area contributed by atoms with Crippen LogP contribution in [0.25, 0.3) is 0 Å². The third-order valence-corrected chi connectivity index (χ3v) is 7.42. The highest BCUT2D eigenvalue weighted by Crippen LogP contribution is 2.38. The minimum atomic E-state index is -4.73. The average molecular weight is 431 g/mol. The van der Waals surface area contributed by atoms with Gasteiger partial charge in [0.2, 0.25) is 0 Å². The van der Waals surface area contributed by atoms with E-state index in [0.29, 0.717) is 8.61 Å². The summed E-state index contributed by atoms with van der Waals surface area (Å²) in [4.78, 5) is 11.7. The standard InChI is InChI=1S/C14H25BF3N3O6S/c16-14(17,18)11-5-1-2-7-21(11)28(26,27)20-8-10(4-3-6-15(24)25)13(19,9-20)12(22)23/h10-11,24-25H,1-9,19H2,(H,22,23)/t10-,11?,13-/m0/s1. The molecule has 162 valence electrons. The summed E-state index contributed by atoms with van der Waals surface area (Å²) in [6.45, 7) is -1.28. The van der Waals surface area contributed by atoms with Crippen LogP contribution in [-0.2, 0) is 15.0 Å². The Morgan fingerprint density at radius 2 is 1.93 bits per heavy atom. The van der Waals surface area contributed by atoms with Crippen LogP contribution in [0.1, 0.15) is 32.1 Å². The van der Waals surface area contributed by atoms with Gasteiger partial charge >= 0.3 is 19.3 Å². The van der Waals surface area contributed by atoms with E-state index in [1.165, 1.54) is 0 Å². The van der Waals surface area contributed by atoms with Crippen molar-refractivity contribution in [1.82, 2.24) is 8.61 Å². The lowest BCUT2D eigenvalue weighted by molar-refractivity contribution is -0.177. The molecule has 0 bridgehead atoms. The maximum Gasteiger partial charge on any atom is 0.451 e. The highest BCUT2D eigenvalue weighted by atomic mass is 32.2. The van der Waals surface area contributed by atoms with Gasteiger partial charge < -0.3 is 20.9 Å². The fraction of sp³-hybridized carbons (Fsp3) is 0.929. The SMILES string of the molecule is N[C@@]1(C(=O)O)CN(S(=O)(=O)N2CCCCC2C(F)(F)F)C[C@@H]1CCCB(O)O. The number of nitrogens with two attached hydrogens (primary N) is 1. The summed E-state index contributed by atoms with van der Waals surface area (Å²) in [6, 6.07) is -2.15. The van der Waals surface area contributed by atoms with E-state index in [9.17, 15) is 31.5 Å². The molecule has 0 amide bonds. The maximum absolute atomic E-state index is 13.3. The predicted octanol–water partition coefficient (Wildman–Crippen LogP) is -0.385. The Bertz CT molecular complexity index is 680. The van der Waals surface area contributed by atoms with Crippen molar-refractivity contribution in [2.24, 2.45) is 11.7 Å². The van der Waals surface area contributed by atoms with Gasteiger partial charge in [-0.1, -0.05) is 12.8 Å². The molecule has 2 heterocycles. The molecule has 0 aliphatic carbocycles. The Morgan fingerprint density at radius 1 is 1.29 bits per heavy atom. The first-order chi connectivity index (χ1) is 12.8. The minimum absolute atomic E-state index is 0.0543. The molecule has 0 aromatic carbocycles. The Labute approximate surface area is 161 Å². The largest absolute Gasteiger partial charge is 0.480 e. The molecule has 2 saturated heterocycles. The van der Waals surface area contributed by atoms with Gasteiger partial charge in [-0.05, 0) is 25.6 Å². The fourth-order valence-corrected chi connectivity index (χ4v) is 5.81. The lowest BCUT2D eigenvalue weighted by atomic mass is 9.78. The van der Waals surface area contributed by atoms with Crippen LogP contribution in [0.2, 0.25) is 6.32 Å². The molecule has 2 rings (SSSR count). The van der Waals surface area contributed by atoms with E-state index < -0.39 is 53.5 Å². The van der Waals surface area contributed by atoms with Crippen LogP contribution in [0, 0.1) is 5.92 Å². The number of aliphatic carboxylic acids is 1. The van der Waals surface area contributed by atoms with Gasteiger partial charge in [0, 0.05) is 25.6 Å². The predicted molar refractivity (Wildman–Crippen MR) is 93.2 cm³/mol. The Hall–Kier alpha value is -0.925. The van der Waals surface area contributed by atoms with Crippen molar-refractivity contribution in [2.75, 3.05) is 19.6 Å². The van der Waals surface area contributed by atoms with E-state index in [1.807, 2.05) is 0 Å². The Kier molecular flexibility index (Phi) is 7.04. The van der Waals surface area contributed by atoms with E-state index in [1.54, 1.807) is 0 Å². The van der Waals surface area contributed by atoms with Crippen molar-refractivity contribution < 1.29 is 41.5 Å². The monoisotopic (exact) mass is 431 g/mol. The third-order valence-electron chi connectivity index (χ3n) is 5.46. The van der Waals surface area contributed by atoms with Gasteiger partial charge in [-0.3, -0.25) is 4.79 Å². The number of carboxylic acid groups (broad SMARTS) is 1. The number of carbonyl (C=O) groups is 1. The Balaban J connectivity index is 2.24. The number of rotatable bonds is 7. The summed E-state index contributed by atoms with van der Waals surface area (Å²) in [5.41, 5.74) is 3.97. The van der Waals surface area contributed by atoms with Crippen LogP contribution >= 0.6 is 0 Å². The molecular formula is C14H25BF3N3O6S. The number of halogens is 3. The van der Waals surface area contributed by atoms with Crippen LogP contribution in [0.5, 0.6) is 0 Å². The van der Waals surface area contributed by atoms with E-state index in [4.69, 9.17) is 15.8 Å². The van der Waals surface area contributed by atoms with Crippen molar-refractivity contribution in [3.63, 3.8) is 0 Å². The smallest absolute Gasteiger partial charge is 0.451 e. The summed E-state index contributed by atoms with van der Waals surface area (Å²) < 4.78 is 66.9. The van der Waals surface area contributed by atoms with Crippen LogP contribution in [0.3, 0.4) is 0 Å². The summed E-state index contributed by atoms with van der Waals surface area (Å²) in [5.74, 6) is -2.32. The molecule has 0 saturated carbocycles. The maximum atomic E-state index is 13.3. The number of hydrogen-bond acceptors (Lipinski definition) is 6. The van der Waals surface area contributed by atoms with Crippen LogP contribution in [0.15, 0.2) is 0 Å². The third kappa shape index (κ3) is 4.79. The number of piperidine rings is 1. The van der Waals surface area contributed by atoms with Gasteiger partial charge in [-0.2, -0.15) is 30.2 Å².